The molecule has 36 heavy (non-hydrogen) atoms. The van der Waals surface area contributed by atoms with E-state index in [4.69, 9.17) is 9.47 Å². The fourth-order valence-corrected chi connectivity index (χ4v) is 3.87. The first kappa shape index (κ1) is 25.2. The molecule has 188 valence electrons. The summed E-state index contributed by atoms with van der Waals surface area (Å²) in [4.78, 5) is 15.6. The highest BCUT2D eigenvalue weighted by Crippen LogP contribution is 2.31. The fourth-order valence-electron chi connectivity index (χ4n) is 3.40. The van der Waals surface area contributed by atoms with E-state index in [0.717, 1.165) is 35.2 Å². The molecule has 0 aliphatic heterocycles. The monoisotopic (exact) mass is 507 g/mol. The topological polar surface area (TPSA) is 118 Å². The van der Waals surface area contributed by atoms with Crippen molar-refractivity contribution in [3.63, 3.8) is 0 Å². The molecular weight excluding hydrogens is 478 g/mol. The molecule has 1 atom stereocenters. The van der Waals surface area contributed by atoms with Crippen molar-refractivity contribution < 1.29 is 18.5 Å². The normalized spacial score (nSPS) is 13.3. The van der Waals surface area contributed by atoms with Crippen LogP contribution in [0.3, 0.4) is 0 Å². The molecule has 2 aromatic heterocycles. The van der Waals surface area contributed by atoms with E-state index in [1.165, 1.54) is 0 Å². The summed E-state index contributed by atoms with van der Waals surface area (Å²) in [6.45, 7) is 2.41. The minimum atomic E-state index is -1.15. The van der Waals surface area contributed by atoms with Crippen molar-refractivity contribution in [2.45, 2.75) is 24.8 Å². The quantitative estimate of drug-likeness (QED) is 0.311. The highest BCUT2D eigenvalue weighted by Gasteiger charge is 2.29. The molecule has 9 nitrogen and oxygen atoms in total. The van der Waals surface area contributed by atoms with Crippen LogP contribution in [-0.4, -0.2) is 45.3 Å². The molecule has 1 unspecified atom stereocenters. The average Bonchev–Trinajstić information content (AvgIpc) is 3.67. The molecule has 0 radical (unpaired) electrons. The minimum Gasteiger partial charge on any atom is -0.497 e. The van der Waals surface area contributed by atoms with Gasteiger partial charge in [-0.05, 0) is 56.2 Å². The van der Waals surface area contributed by atoms with E-state index in [0.29, 0.717) is 28.9 Å². The lowest BCUT2D eigenvalue weighted by Crippen LogP contribution is -2.12. The Morgan fingerprint density at radius 2 is 1.92 bits per heavy atom. The third-order valence-corrected chi connectivity index (χ3v) is 6.28. The maximum Gasteiger partial charge on any atom is 0.227 e. The van der Waals surface area contributed by atoms with Gasteiger partial charge in [-0.2, -0.15) is 5.10 Å². The highest BCUT2D eigenvalue weighted by atomic mass is 32.2. The number of methoxy groups -OCH3 is 1. The first-order valence-electron chi connectivity index (χ1n) is 11.6. The SMILES string of the molecule is CCOc1cc(S(C)=O)ncc1Nc1n[nH]c2ccccc12.COc1ccc(NC(=O)C2CC2)cc1. The van der Waals surface area contributed by atoms with E-state index >= 15 is 0 Å². The molecule has 1 aliphatic rings. The van der Waals surface area contributed by atoms with Crippen LogP contribution in [0.5, 0.6) is 11.5 Å². The van der Waals surface area contributed by atoms with E-state index in [2.05, 4.69) is 25.8 Å². The van der Waals surface area contributed by atoms with Crippen molar-refractivity contribution in [3.05, 3.63) is 60.8 Å². The molecule has 2 aromatic carbocycles. The van der Waals surface area contributed by atoms with E-state index < -0.39 is 10.8 Å². The second-order valence-corrected chi connectivity index (χ2v) is 9.47. The second kappa shape index (κ2) is 11.7. The van der Waals surface area contributed by atoms with Gasteiger partial charge in [-0.3, -0.25) is 14.1 Å². The number of hydrogen-bond donors (Lipinski definition) is 3. The Bertz CT molecular complexity index is 1350. The third kappa shape index (κ3) is 6.39. The standard InChI is InChI=1S/C15H16N4O2S.C11H13NO2/c1-3-21-13-8-14(22(2)20)16-9-12(13)17-15-10-6-4-5-7-11(10)18-19-15;1-14-10-6-4-9(5-7-10)12-11(13)8-2-3-8/h4-9H,3H2,1-2H3,(H2,17,18,19);4-8H,2-3H2,1H3,(H,12,13). The smallest absolute Gasteiger partial charge is 0.227 e. The van der Waals surface area contributed by atoms with Crippen LogP contribution in [0.1, 0.15) is 19.8 Å². The maximum atomic E-state index is 11.6. The molecule has 0 saturated heterocycles. The molecule has 0 spiro atoms. The van der Waals surface area contributed by atoms with Crippen LogP contribution >= 0.6 is 0 Å². The molecular formula is C26H29N5O4S. The van der Waals surface area contributed by atoms with Crippen LogP contribution in [0, 0.1) is 5.92 Å². The Balaban J connectivity index is 0.000000187. The third-order valence-electron chi connectivity index (χ3n) is 5.46. The average molecular weight is 508 g/mol. The number of anilines is 3. The zero-order valence-electron chi connectivity index (χ0n) is 20.4. The highest BCUT2D eigenvalue weighted by molar-refractivity contribution is 7.84. The predicted molar refractivity (Wildman–Crippen MR) is 141 cm³/mol. The molecule has 4 aromatic rings. The van der Waals surface area contributed by atoms with Crippen molar-refractivity contribution in [2.75, 3.05) is 30.6 Å². The van der Waals surface area contributed by atoms with E-state index in [1.54, 1.807) is 25.6 Å². The molecule has 1 aliphatic carbocycles. The van der Waals surface area contributed by atoms with E-state index in [9.17, 15) is 9.00 Å². The van der Waals surface area contributed by atoms with Gasteiger partial charge in [0.1, 0.15) is 22.2 Å². The summed E-state index contributed by atoms with van der Waals surface area (Å²) in [5.41, 5.74) is 2.47. The van der Waals surface area contributed by atoms with Gasteiger partial charge in [0.05, 0.1) is 36.2 Å². The number of benzene rings is 2. The Morgan fingerprint density at radius 3 is 2.58 bits per heavy atom. The first-order chi connectivity index (χ1) is 17.5. The number of H-pyrrole nitrogens is 1. The zero-order valence-corrected chi connectivity index (χ0v) is 21.2. The number of amides is 1. The van der Waals surface area contributed by atoms with Gasteiger partial charge in [-0.1, -0.05) is 12.1 Å². The number of fused-ring (bicyclic) bond motifs is 1. The fraction of sp³-hybridized carbons (Fsp3) is 0.269. The molecule has 1 amide bonds. The predicted octanol–water partition coefficient (Wildman–Crippen LogP) is 4.88. The van der Waals surface area contributed by atoms with Crippen molar-refractivity contribution in [1.82, 2.24) is 15.2 Å². The van der Waals surface area contributed by atoms with E-state index in [-0.39, 0.29) is 11.8 Å². The molecule has 10 heteroatoms. The summed E-state index contributed by atoms with van der Waals surface area (Å²) in [5.74, 6) is 2.49. The van der Waals surface area contributed by atoms with Gasteiger partial charge >= 0.3 is 0 Å². The van der Waals surface area contributed by atoms with Gasteiger partial charge in [-0.25, -0.2) is 4.98 Å². The Morgan fingerprint density at radius 1 is 1.17 bits per heavy atom. The number of para-hydroxylation sites is 1. The van der Waals surface area contributed by atoms with Gasteiger partial charge in [0.2, 0.25) is 5.91 Å². The summed E-state index contributed by atoms with van der Waals surface area (Å²) < 4.78 is 22.2. The van der Waals surface area contributed by atoms with Gasteiger partial charge in [0.25, 0.3) is 0 Å². The summed E-state index contributed by atoms with van der Waals surface area (Å²) in [5, 5.41) is 14.8. The van der Waals surface area contributed by atoms with Crippen LogP contribution in [0.2, 0.25) is 0 Å². The van der Waals surface area contributed by atoms with Crippen molar-refractivity contribution >= 4 is 44.8 Å². The molecule has 1 fully saturated rings. The van der Waals surface area contributed by atoms with Crippen LogP contribution in [0.4, 0.5) is 17.2 Å². The maximum absolute atomic E-state index is 11.6. The van der Waals surface area contributed by atoms with Gasteiger partial charge in [-0.15, -0.1) is 0 Å². The zero-order chi connectivity index (χ0) is 25.5. The van der Waals surface area contributed by atoms with Crippen LogP contribution < -0.4 is 20.1 Å². The lowest BCUT2D eigenvalue weighted by molar-refractivity contribution is -0.117. The van der Waals surface area contributed by atoms with Crippen molar-refractivity contribution in [2.24, 2.45) is 5.92 Å². The number of carbonyl (C=O) groups excluding carboxylic acids is 1. The summed E-state index contributed by atoms with van der Waals surface area (Å²) in [7, 11) is 0.470. The molecule has 0 bridgehead atoms. The summed E-state index contributed by atoms with van der Waals surface area (Å²) in [6.07, 6.45) is 5.27. The lowest BCUT2D eigenvalue weighted by atomic mass is 10.2. The van der Waals surface area contributed by atoms with Gasteiger partial charge < -0.3 is 20.1 Å². The van der Waals surface area contributed by atoms with Gasteiger partial charge in [0, 0.05) is 29.3 Å². The number of carbonyl (C=O) groups is 1. The number of pyridine rings is 1. The molecule has 2 heterocycles. The molecule has 5 rings (SSSR count). The number of aromatic nitrogens is 3. The van der Waals surface area contributed by atoms with Crippen LogP contribution in [0.25, 0.3) is 10.9 Å². The first-order valence-corrected chi connectivity index (χ1v) is 13.2. The lowest BCUT2D eigenvalue weighted by Gasteiger charge is -2.11. The number of nitrogens with zero attached hydrogens (tertiary/aromatic N) is 2. The minimum absolute atomic E-state index is 0.134. The largest absolute Gasteiger partial charge is 0.497 e. The van der Waals surface area contributed by atoms with E-state index in [1.807, 2.05) is 55.5 Å². The Kier molecular flexibility index (Phi) is 8.17. The summed E-state index contributed by atoms with van der Waals surface area (Å²) in [6, 6.07) is 16.9. The molecule has 3 N–H and O–H groups in total. The molecule has 1 saturated carbocycles. The van der Waals surface area contributed by atoms with Crippen molar-refractivity contribution in [3.8, 4) is 11.5 Å². The number of nitrogens with one attached hydrogen (secondary N) is 3. The van der Waals surface area contributed by atoms with Gasteiger partial charge in [0.15, 0.2) is 5.82 Å². The number of rotatable bonds is 8. The Hall–Kier alpha value is -3.92. The second-order valence-electron chi connectivity index (χ2n) is 8.14. The number of ether oxygens (including phenoxy) is 2. The van der Waals surface area contributed by atoms with Crippen LogP contribution in [0.15, 0.2) is 65.8 Å². The number of hydrogen-bond acceptors (Lipinski definition) is 7. The Labute approximate surface area is 212 Å². The number of aromatic amines is 1. The van der Waals surface area contributed by atoms with Crippen LogP contribution in [-0.2, 0) is 15.6 Å². The summed E-state index contributed by atoms with van der Waals surface area (Å²) >= 11 is 0. The van der Waals surface area contributed by atoms with Crippen molar-refractivity contribution in [1.29, 1.82) is 0 Å².